The van der Waals surface area contributed by atoms with Crippen LogP contribution < -0.4 is 10.1 Å². The number of ether oxygens (including phenoxy) is 1. The van der Waals surface area contributed by atoms with E-state index in [4.69, 9.17) is 4.74 Å². The molecule has 5 aromatic carbocycles. The Kier molecular flexibility index (Phi) is 10.6. The molecule has 7 nitrogen and oxygen atoms in total. The van der Waals surface area contributed by atoms with Gasteiger partial charge in [-0.1, -0.05) is 126 Å². The Morgan fingerprint density at radius 3 is 1.87 bits per heavy atom. The molecule has 0 aliphatic carbocycles. The van der Waals surface area contributed by atoms with Crippen LogP contribution in [0.1, 0.15) is 79.7 Å². The van der Waals surface area contributed by atoms with Crippen LogP contribution in [0.15, 0.2) is 121 Å². The van der Waals surface area contributed by atoms with Gasteiger partial charge in [-0.2, -0.15) is 0 Å². The number of nitrogens with one attached hydrogen (secondary N) is 1. The minimum atomic E-state index is -1.19. The lowest BCUT2D eigenvalue weighted by molar-refractivity contribution is -0.142. The lowest BCUT2D eigenvalue weighted by Crippen LogP contribution is -2.55. The molecule has 2 N–H and O–H groups in total. The van der Waals surface area contributed by atoms with Gasteiger partial charge in [-0.3, -0.25) is 9.59 Å². The summed E-state index contributed by atoms with van der Waals surface area (Å²) in [5.41, 5.74) is 7.30. The van der Waals surface area contributed by atoms with Crippen molar-refractivity contribution in [3.05, 3.63) is 155 Å². The molecule has 272 valence electrons. The predicted molar refractivity (Wildman–Crippen MR) is 209 cm³/mol. The van der Waals surface area contributed by atoms with Crippen molar-refractivity contribution in [2.45, 2.75) is 83.8 Å². The van der Waals surface area contributed by atoms with Gasteiger partial charge >= 0.3 is 5.97 Å². The van der Waals surface area contributed by atoms with Crippen molar-refractivity contribution in [2.75, 3.05) is 0 Å². The van der Waals surface area contributed by atoms with Crippen LogP contribution in [-0.4, -0.2) is 39.9 Å². The Balaban J connectivity index is 1.25. The zero-order valence-electron chi connectivity index (χ0n) is 31.4. The summed E-state index contributed by atoms with van der Waals surface area (Å²) in [5, 5.41) is 13.0. The molecule has 7 heteroatoms. The fourth-order valence-corrected chi connectivity index (χ4v) is 6.68. The third-order valence-electron chi connectivity index (χ3n) is 9.94. The van der Waals surface area contributed by atoms with Gasteiger partial charge in [0.2, 0.25) is 5.91 Å². The second-order valence-electron chi connectivity index (χ2n) is 16.0. The normalized spacial score (nSPS) is 14.9. The lowest BCUT2D eigenvalue weighted by atomic mass is 9.86. The van der Waals surface area contributed by atoms with E-state index in [0.717, 1.165) is 33.4 Å². The van der Waals surface area contributed by atoms with Crippen molar-refractivity contribution < 1.29 is 24.2 Å². The van der Waals surface area contributed by atoms with E-state index in [0.29, 0.717) is 17.1 Å². The van der Waals surface area contributed by atoms with Gasteiger partial charge in [-0.15, -0.1) is 0 Å². The molecule has 1 aliphatic rings. The number of carboxylic acids is 1. The van der Waals surface area contributed by atoms with Crippen LogP contribution in [0, 0.1) is 0 Å². The monoisotopic (exact) mass is 708 g/mol. The molecule has 1 heterocycles. The number of benzene rings is 5. The minimum Gasteiger partial charge on any atom is -0.480 e. The summed E-state index contributed by atoms with van der Waals surface area (Å²) >= 11 is 0. The van der Waals surface area contributed by atoms with Gasteiger partial charge in [0.1, 0.15) is 23.6 Å². The highest BCUT2D eigenvalue weighted by Crippen LogP contribution is 2.32. The second kappa shape index (κ2) is 15.1. The number of carbonyl (C=O) groups excluding carboxylic acids is 2. The minimum absolute atomic E-state index is 0.0227. The molecule has 0 saturated carbocycles. The van der Waals surface area contributed by atoms with Crippen molar-refractivity contribution in [2.24, 2.45) is 0 Å². The van der Waals surface area contributed by atoms with Crippen LogP contribution in [0.25, 0.3) is 11.1 Å². The number of aliphatic carboxylic acids is 1. The first kappa shape index (κ1) is 37.1. The van der Waals surface area contributed by atoms with E-state index in [1.807, 2.05) is 97.1 Å². The van der Waals surface area contributed by atoms with Crippen molar-refractivity contribution in [1.82, 2.24) is 10.2 Å². The van der Waals surface area contributed by atoms with Crippen LogP contribution in [0.4, 0.5) is 0 Å². The average molecular weight is 709 g/mol. The van der Waals surface area contributed by atoms with Gasteiger partial charge in [0.15, 0.2) is 0 Å². The first-order valence-corrected chi connectivity index (χ1v) is 18.1. The second-order valence-corrected chi connectivity index (χ2v) is 16.0. The van der Waals surface area contributed by atoms with Gasteiger partial charge in [0.05, 0.1) is 0 Å². The molecule has 0 spiro atoms. The highest BCUT2D eigenvalue weighted by molar-refractivity contribution is 5.98. The molecule has 2 amide bonds. The van der Waals surface area contributed by atoms with E-state index in [1.165, 1.54) is 5.56 Å². The van der Waals surface area contributed by atoms with E-state index in [2.05, 4.69) is 59.0 Å². The maximum atomic E-state index is 14.2. The predicted octanol–water partition coefficient (Wildman–Crippen LogP) is 9.12. The smallest absolute Gasteiger partial charge is 0.326 e. The number of hydrogen-bond donors (Lipinski definition) is 2. The van der Waals surface area contributed by atoms with Gasteiger partial charge in [-0.05, 0) is 86.2 Å². The zero-order chi connectivity index (χ0) is 37.9. The van der Waals surface area contributed by atoms with E-state index in [1.54, 1.807) is 17.0 Å². The molecule has 53 heavy (non-hydrogen) atoms. The maximum Gasteiger partial charge on any atom is 0.326 e. The standard InChI is InChI=1S/C46H48N2O5/c1-45(2,3)36-19-16-33(17-20-36)43(50)48-29-35-27-39(53-38-24-21-37(22-25-38)46(4,5)6)23-18-34(35)28-41(48)42(49)47-40(44(51)52)26-30-12-14-32(15-13-30)31-10-8-7-9-11-31/h7-25,27,40-41H,26,28-29H2,1-6H3,(H,47,49)(H,51,52)/t40-,41-/m0/s1. The molecule has 6 rings (SSSR count). The molecule has 5 aromatic rings. The molecule has 0 aromatic heterocycles. The van der Waals surface area contributed by atoms with Crippen molar-refractivity contribution in [3.8, 4) is 22.6 Å². The number of amides is 2. The summed E-state index contributed by atoms with van der Waals surface area (Å²) in [6.07, 6.45) is 0.324. The summed E-state index contributed by atoms with van der Waals surface area (Å²) < 4.78 is 6.23. The third-order valence-corrected chi connectivity index (χ3v) is 9.94. The first-order valence-electron chi connectivity index (χ1n) is 18.1. The highest BCUT2D eigenvalue weighted by Gasteiger charge is 2.37. The molecule has 0 bridgehead atoms. The Morgan fingerprint density at radius 2 is 1.28 bits per heavy atom. The summed E-state index contributed by atoms with van der Waals surface area (Å²) in [5.74, 6) is -0.630. The Labute approximate surface area is 312 Å². The number of hydrogen-bond acceptors (Lipinski definition) is 4. The zero-order valence-corrected chi connectivity index (χ0v) is 31.4. The SMILES string of the molecule is CC(C)(C)c1ccc(Oc2ccc3c(c2)CN(C(=O)c2ccc(C(C)(C)C)cc2)[C@H](C(=O)N[C@@H](Cc2ccc(-c4ccccc4)cc2)C(=O)O)C3)cc1. The van der Waals surface area contributed by atoms with E-state index in [-0.39, 0.29) is 36.1 Å². The van der Waals surface area contributed by atoms with Gasteiger partial charge < -0.3 is 20.1 Å². The summed E-state index contributed by atoms with van der Waals surface area (Å²) in [6, 6.07) is 36.7. The summed E-state index contributed by atoms with van der Waals surface area (Å²) in [6.45, 7) is 13.0. The van der Waals surface area contributed by atoms with Crippen LogP contribution in [-0.2, 0) is 39.8 Å². The number of fused-ring (bicyclic) bond motifs is 1. The molecule has 1 aliphatic heterocycles. The molecule has 2 atom stereocenters. The van der Waals surface area contributed by atoms with Crippen LogP contribution in [0.5, 0.6) is 11.5 Å². The Morgan fingerprint density at radius 1 is 0.717 bits per heavy atom. The molecular formula is C46H48N2O5. The van der Waals surface area contributed by atoms with Crippen molar-refractivity contribution >= 4 is 17.8 Å². The number of rotatable bonds is 9. The Hall–Kier alpha value is -5.69. The Bertz CT molecular complexity index is 2070. The molecule has 0 radical (unpaired) electrons. The van der Waals surface area contributed by atoms with Crippen molar-refractivity contribution in [1.29, 1.82) is 0 Å². The molecule has 0 saturated heterocycles. The highest BCUT2D eigenvalue weighted by atomic mass is 16.5. The van der Waals surface area contributed by atoms with Crippen LogP contribution >= 0.6 is 0 Å². The fourth-order valence-electron chi connectivity index (χ4n) is 6.68. The van der Waals surface area contributed by atoms with E-state index >= 15 is 0 Å². The largest absolute Gasteiger partial charge is 0.480 e. The van der Waals surface area contributed by atoms with E-state index in [9.17, 15) is 19.5 Å². The lowest BCUT2D eigenvalue weighted by Gasteiger charge is -2.37. The number of carbonyl (C=O) groups is 3. The number of nitrogens with zero attached hydrogens (tertiary/aromatic N) is 1. The van der Waals surface area contributed by atoms with Crippen LogP contribution in [0.3, 0.4) is 0 Å². The molecule has 0 fully saturated rings. The summed E-state index contributed by atoms with van der Waals surface area (Å²) in [4.78, 5) is 42.4. The van der Waals surface area contributed by atoms with Gasteiger partial charge in [-0.25, -0.2) is 4.79 Å². The quantitative estimate of drug-likeness (QED) is 0.159. The van der Waals surface area contributed by atoms with Gasteiger partial charge in [0, 0.05) is 24.9 Å². The number of carboxylic acid groups (broad SMARTS) is 1. The van der Waals surface area contributed by atoms with E-state index < -0.39 is 24.0 Å². The third kappa shape index (κ3) is 8.86. The fraction of sp³-hybridized carbons (Fsp3) is 0.283. The van der Waals surface area contributed by atoms with Crippen LogP contribution in [0.2, 0.25) is 0 Å². The van der Waals surface area contributed by atoms with Crippen molar-refractivity contribution in [3.63, 3.8) is 0 Å². The topological polar surface area (TPSA) is 95.9 Å². The maximum absolute atomic E-state index is 14.2. The van der Waals surface area contributed by atoms with Gasteiger partial charge in [0.25, 0.3) is 5.91 Å². The summed E-state index contributed by atoms with van der Waals surface area (Å²) in [7, 11) is 0. The average Bonchev–Trinajstić information content (AvgIpc) is 3.14. The first-order chi connectivity index (χ1) is 25.2. The molecule has 0 unspecified atom stereocenters. The molecular weight excluding hydrogens is 661 g/mol.